The highest BCUT2D eigenvalue weighted by Crippen LogP contribution is 2.34. The van der Waals surface area contributed by atoms with E-state index in [2.05, 4.69) is 5.32 Å². The van der Waals surface area contributed by atoms with Crippen LogP contribution in [0.25, 0.3) is 0 Å². The molecule has 1 heterocycles. The van der Waals surface area contributed by atoms with Gasteiger partial charge < -0.3 is 19.7 Å². The molecule has 1 aliphatic rings. The Morgan fingerprint density at radius 3 is 2.33 bits per heavy atom. The van der Waals surface area contributed by atoms with Gasteiger partial charge in [-0.25, -0.2) is 8.42 Å². The first kappa shape index (κ1) is 27.6. The van der Waals surface area contributed by atoms with E-state index in [9.17, 15) is 18.0 Å². The van der Waals surface area contributed by atoms with E-state index in [0.29, 0.717) is 42.7 Å². The predicted molar refractivity (Wildman–Crippen MR) is 139 cm³/mol. The minimum absolute atomic E-state index is 0.118. The highest BCUT2D eigenvalue weighted by molar-refractivity contribution is 7.92. The molecule has 1 N–H and O–H groups in total. The zero-order valence-corrected chi connectivity index (χ0v) is 22.3. The van der Waals surface area contributed by atoms with Gasteiger partial charge in [0.1, 0.15) is 25.8 Å². The van der Waals surface area contributed by atoms with Crippen molar-refractivity contribution >= 4 is 39.1 Å². The van der Waals surface area contributed by atoms with Crippen LogP contribution in [0, 0.1) is 0 Å². The number of nitrogens with one attached hydrogen (secondary N) is 1. The first-order chi connectivity index (χ1) is 17.1. The van der Waals surface area contributed by atoms with E-state index in [1.807, 2.05) is 13.8 Å². The van der Waals surface area contributed by atoms with Gasteiger partial charge in [-0.05, 0) is 42.7 Å². The Morgan fingerprint density at radius 1 is 1.06 bits per heavy atom. The summed E-state index contributed by atoms with van der Waals surface area (Å²) in [6.07, 6.45) is 2.14. The average Bonchev–Trinajstić information content (AvgIpc) is 2.85. The number of sulfonamides is 1. The van der Waals surface area contributed by atoms with E-state index in [4.69, 9.17) is 21.1 Å². The average molecular weight is 538 g/mol. The van der Waals surface area contributed by atoms with Gasteiger partial charge in [0.15, 0.2) is 11.5 Å². The van der Waals surface area contributed by atoms with Gasteiger partial charge in [-0.3, -0.25) is 13.9 Å². The van der Waals surface area contributed by atoms with Crippen LogP contribution in [-0.4, -0.2) is 63.7 Å². The van der Waals surface area contributed by atoms with E-state index in [0.717, 1.165) is 22.5 Å². The van der Waals surface area contributed by atoms with Crippen LogP contribution in [0.1, 0.15) is 32.3 Å². The Bertz CT molecular complexity index is 1170. The molecular formula is C25H32ClN3O6S. The molecule has 2 amide bonds. The zero-order chi connectivity index (χ0) is 26.3. The molecule has 1 atom stereocenters. The van der Waals surface area contributed by atoms with E-state index in [1.54, 1.807) is 36.4 Å². The highest BCUT2D eigenvalue weighted by Gasteiger charge is 2.32. The topological polar surface area (TPSA) is 105 Å². The van der Waals surface area contributed by atoms with Crippen LogP contribution in [0.15, 0.2) is 42.5 Å². The molecule has 0 saturated carbocycles. The second-order valence-corrected chi connectivity index (χ2v) is 10.8. The van der Waals surface area contributed by atoms with Crippen molar-refractivity contribution in [3.8, 4) is 11.5 Å². The molecule has 0 aromatic heterocycles. The third kappa shape index (κ3) is 7.04. The van der Waals surface area contributed by atoms with Crippen LogP contribution in [0.3, 0.4) is 0 Å². The number of benzene rings is 2. The fourth-order valence-corrected chi connectivity index (χ4v) is 4.84. The number of fused-ring (bicyclic) bond motifs is 1. The van der Waals surface area contributed by atoms with E-state index in [-0.39, 0.29) is 18.1 Å². The number of carbonyl (C=O) groups is 2. The molecule has 2 aromatic rings. The van der Waals surface area contributed by atoms with Gasteiger partial charge in [0.2, 0.25) is 21.8 Å². The van der Waals surface area contributed by atoms with E-state index >= 15 is 0 Å². The summed E-state index contributed by atoms with van der Waals surface area (Å²) in [5.74, 6) is 0.117. The lowest BCUT2D eigenvalue weighted by molar-refractivity contribution is -0.140. The molecule has 36 heavy (non-hydrogen) atoms. The van der Waals surface area contributed by atoms with Crippen LogP contribution in [0.4, 0.5) is 5.69 Å². The van der Waals surface area contributed by atoms with Crippen molar-refractivity contribution < 1.29 is 27.5 Å². The second kappa shape index (κ2) is 12.3. The summed E-state index contributed by atoms with van der Waals surface area (Å²) in [6, 6.07) is 10.9. The molecule has 1 aliphatic heterocycles. The van der Waals surface area contributed by atoms with Gasteiger partial charge in [-0.1, -0.05) is 37.6 Å². The Morgan fingerprint density at radius 2 is 1.72 bits per heavy atom. The van der Waals surface area contributed by atoms with Gasteiger partial charge in [0, 0.05) is 24.2 Å². The molecule has 0 saturated heterocycles. The molecule has 2 aromatic carbocycles. The van der Waals surface area contributed by atoms with Crippen molar-refractivity contribution in [2.45, 2.75) is 39.3 Å². The third-order valence-electron chi connectivity index (χ3n) is 5.69. The predicted octanol–water partition coefficient (Wildman–Crippen LogP) is 3.21. The Labute approximate surface area is 217 Å². The van der Waals surface area contributed by atoms with Crippen LogP contribution in [0.2, 0.25) is 5.02 Å². The van der Waals surface area contributed by atoms with Gasteiger partial charge in [-0.15, -0.1) is 0 Å². The number of hydrogen-bond donors (Lipinski definition) is 1. The SMILES string of the molecule is CCCNC(=O)[C@@H](CC)N(Cc1ccc(Cl)cc1)C(=O)CN(c1ccc2c(c1)OCCO2)S(C)(=O)=O. The summed E-state index contributed by atoms with van der Waals surface area (Å²) < 4.78 is 37.6. The molecule has 0 bridgehead atoms. The standard InChI is InChI=1S/C25H32ClN3O6S/c1-4-12-27-25(31)21(5-2)28(16-18-6-8-19(26)9-7-18)24(30)17-29(36(3,32)33)20-10-11-22-23(15-20)35-14-13-34-22/h6-11,15,21H,4-5,12-14,16-17H2,1-3H3,(H,27,31)/t21-/m1/s1. The summed E-state index contributed by atoms with van der Waals surface area (Å²) in [5, 5.41) is 3.39. The number of rotatable bonds is 11. The minimum atomic E-state index is -3.85. The molecule has 11 heteroatoms. The lowest BCUT2D eigenvalue weighted by Crippen LogP contribution is -2.52. The van der Waals surface area contributed by atoms with Crippen molar-refractivity contribution in [3.63, 3.8) is 0 Å². The lowest BCUT2D eigenvalue weighted by Gasteiger charge is -2.33. The lowest BCUT2D eigenvalue weighted by atomic mass is 10.1. The van der Waals surface area contributed by atoms with Crippen LogP contribution < -0.4 is 19.1 Å². The van der Waals surface area contributed by atoms with E-state index in [1.165, 1.54) is 11.0 Å². The zero-order valence-electron chi connectivity index (χ0n) is 20.7. The molecule has 0 fully saturated rings. The summed E-state index contributed by atoms with van der Waals surface area (Å²) >= 11 is 6.01. The summed E-state index contributed by atoms with van der Waals surface area (Å²) in [4.78, 5) is 28.0. The highest BCUT2D eigenvalue weighted by atomic mass is 35.5. The number of anilines is 1. The van der Waals surface area contributed by atoms with Crippen molar-refractivity contribution in [3.05, 3.63) is 53.1 Å². The Hall–Kier alpha value is -2.98. The quantitative estimate of drug-likeness (QED) is 0.472. The van der Waals surface area contributed by atoms with Gasteiger partial charge in [0.05, 0.1) is 11.9 Å². The fraction of sp³-hybridized carbons (Fsp3) is 0.440. The largest absolute Gasteiger partial charge is 0.486 e. The normalized spacial score (nSPS) is 13.6. The second-order valence-electron chi connectivity index (χ2n) is 8.46. The number of hydrogen-bond acceptors (Lipinski definition) is 6. The van der Waals surface area contributed by atoms with Gasteiger partial charge >= 0.3 is 0 Å². The maximum Gasteiger partial charge on any atom is 0.244 e. The number of nitrogens with zero attached hydrogens (tertiary/aromatic N) is 2. The van der Waals surface area contributed by atoms with Gasteiger partial charge in [0.25, 0.3) is 0 Å². The van der Waals surface area contributed by atoms with Crippen LogP contribution in [-0.2, 0) is 26.2 Å². The molecule has 9 nitrogen and oxygen atoms in total. The molecule has 3 rings (SSSR count). The number of ether oxygens (including phenoxy) is 2. The molecule has 0 aliphatic carbocycles. The van der Waals surface area contributed by atoms with Crippen molar-refractivity contribution in [2.75, 3.05) is 36.9 Å². The smallest absolute Gasteiger partial charge is 0.244 e. The maximum atomic E-state index is 13.7. The fourth-order valence-electron chi connectivity index (χ4n) is 3.87. The van der Waals surface area contributed by atoms with E-state index < -0.39 is 28.5 Å². The third-order valence-corrected chi connectivity index (χ3v) is 7.09. The number of halogens is 1. The summed E-state index contributed by atoms with van der Waals surface area (Å²) in [6.45, 7) is 4.61. The monoisotopic (exact) mass is 537 g/mol. The van der Waals surface area contributed by atoms with Crippen molar-refractivity contribution in [1.29, 1.82) is 0 Å². The molecular weight excluding hydrogens is 506 g/mol. The first-order valence-corrected chi connectivity index (χ1v) is 14.1. The first-order valence-electron chi connectivity index (χ1n) is 11.8. The minimum Gasteiger partial charge on any atom is -0.486 e. The molecule has 0 spiro atoms. The molecule has 196 valence electrons. The number of amides is 2. The van der Waals surface area contributed by atoms with Crippen LogP contribution in [0.5, 0.6) is 11.5 Å². The number of carbonyl (C=O) groups excluding carboxylic acids is 2. The van der Waals surface area contributed by atoms with Gasteiger partial charge in [-0.2, -0.15) is 0 Å². The van der Waals surface area contributed by atoms with Crippen molar-refractivity contribution in [2.24, 2.45) is 0 Å². The van der Waals surface area contributed by atoms with Crippen molar-refractivity contribution in [1.82, 2.24) is 10.2 Å². The molecule has 0 unspecified atom stereocenters. The Balaban J connectivity index is 1.93. The summed E-state index contributed by atoms with van der Waals surface area (Å²) in [5.41, 5.74) is 1.03. The maximum absolute atomic E-state index is 13.7. The Kier molecular flexibility index (Phi) is 9.44. The molecule has 0 radical (unpaired) electrons. The van der Waals surface area contributed by atoms with Crippen LogP contribution >= 0.6 is 11.6 Å². The summed E-state index contributed by atoms with van der Waals surface area (Å²) in [7, 11) is -3.85.